The van der Waals surface area contributed by atoms with E-state index >= 15 is 0 Å². The zero-order valence-electron chi connectivity index (χ0n) is 9.84. The quantitative estimate of drug-likeness (QED) is 0.892. The molecule has 2 aromatic rings. The topological polar surface area (TPSA) is 53.2 Å². The molecule has 3 nitrogen and oxygen atoms in total. The summed E-state index contributed by atoms with van der Waals surface area (Å²) in [5.41, 5.74) is 2.21. The van der Waals surface area contributed by atoms with Crippen molar-refractivity contribution in [1.29, 1.82) is 5.26 Å². The molecular weight excluding hydrogens is 226 g/mol. The maximum absolute atomic E-state index is 9.25. The van der Waals surface area contributed by atoms with Crippen LogP contribution in [0.5, 0.6) is 5.75 Å². The van der Waals surface area contributed by atoms with Crippen molar-refractivity contribution >= 4 is 0 Å². The Labute approximate surface area is 106 Å². The van der Waals surface area contributed by atoms with Gasteiger partial charge < -0.3 is 9.84 Å². The maximum Gasteiger partial charge on any atom is 0.125 e. The predicted octanol–water partition coefficient (Wildman–Crippen LogP) is 2.63. The SMILES string of the molecule is N#Cc1ccc(OCc2ccccc2)c(CO)c1. The normalized spacial score (nSPS) is 9.78. The average Bonchev–Trinajstić information content (AvgIpc) is 2.46. The lowest BCUT2D eigenvalue weighted by Gasteiger charge is -2.10. The summed E-state index contributed by atoms with van der Waals surface area (Å²) in [5.74, 6) is 0.611. The molecule has 0 atom stereocenters. The van der Waals surface area contributed by atoms with Gasteiger partial charge in [0.1, 0.15) is 12.4 Å². The van der Waals surface area contributed by atoms with Crippen LogP contribution in [0, 0.1) is 11.3 Å². The molecule has 0 spiro atoms. The van der Waals surface area contributed by atoms with Gasteiger partial charge >= 0.3 is 0 Å². The Kier molecular flexibility index (Phi) is 3.95. The monoisotopic (exact) mass is 239 g/mol. The van der Waals surface area contributed by atoms with Crippen molar-refractivity contribution < 1.29 is 9.84 Å². The molecule has 0 fully saturated rings. The molecule has 1 N–H and O–H groups in total. The van der Waals surface area contributed by atoms with Gasteiger partial charge in [-0.3, -0.25) is 0 Å². The van der Waals surface area contributed by atoms with Gasteiger partial charge in [-0.05, 0) is 23.8 Å². The second kappa shape index (κ2) is 5.85. The highest BCUT2D eigenvalue weighted by atomic mass is 16.5. The maximum atomic E-state index is 9.25. The van der Waals surface area contributed by atoms with Crippen molar-refractivity contribution in [3.63, 3.8) is 0 Å². The third kappa shape index (κ3) is 2.88. The first-order valence-corrected chi connectivity index (χ1v) is 5.64. The molecule has 0 aromatic heterocycles. The zero-order valence-corrected chi connectivity index (χ0v) is 9.84. The third-order valence-corrected chi connectivity index (χ3v) is 2.60. The summed E-state index contributed by atoms with van der Waals surface area (Å²) in [5, 5.41) is 18.0. The predicted molar refractivity (Wildman–Crippen MR) is 67.9 cm³/mol. The van der Waals surface area contributed by atoms with Crippen LogP contribution in [0.15, 0.2) is 48.5 Å². The van der Waals surface area contributed by atoms with Crippen molar-refractivity contribution in [2.45, 2.75) is 13.2 Å². The fraction of sp³-hybridized carbons (Fsp3) is 0.133. The summed E-state index contributed by atoms with van der Waals surface area (Å²) in [7, 11) is 0. The lowest BCUT2D eigenvalue weighted by Crippen LogP contribution is -1.99. The van der Waals surface area contributed by atoms with Crippen LogP contribution in [0.4, 0.5) is 0 Å². The van der Waals surface area contributed by atoms with Gasteiger partial charge in [0.15, 0.2) is 0 Å². The first-order chi connectivity index (χ1) is 8.83. The average molecular weight is 239 g/mol. The van der Waals surface area contributed by atoms with Crippen LogP contribution in [0.2, 0.25) is 0 Å². The van der Waals surface area contributed by atoms with Crippen molar-refractivity contribution in [3.8, 4) is 11.8 Å². The van der Waals surface area contributed by atoms with Gasteiger partial charge in [0, 0.05) is 5.56 Å². The summed E-state index contributed by atoms with van der Waals surface area (Å²) in [6.45, 7) is 0.305. The largest absolute Gasteiger partial charge is 0.489 e. The van der Waals surface area contributed by atoms with E-state index < -0.39 is 0 Å². The molecule has 90 valence electrons. The Morgan fingerprint density at radius 3 is 2.56 bits per heavy atom. The number of hydrogen-bond acceptors (Lipinski definition) is 3. The van der Waals surface area contributed by atoms with Crippen LogP contribution in [-0.2, 0) is 13.2 Å². The van der Waals surface area contributed by atoms with Crippen molar-refractivity contribution in [2.24, 2.45) is 0 Å². The molecule has 18 heavy (non-hydrogen) atoms. The molecule has 0 radical (unpaired) electrons. The summed E-state index contributed by atoms with van der Waals surface area (Å²) >= 11 is 0. The zero-order chi connectivity index (χ0) is 12.8. The Hall–Kier alpha value is -2.31. The number of aliphatic hydroxyl groups excluding tert-OH is 1. The second-order valence-corrected chi connectivity index (χ2v) is 3.87. The molecule has 0 heterocycles. The molecule has 0 aliphatic heterocycles. The van der Waals surface area contributed by atoms with Gasteiger partial charge in [-0.1, -0.05) is 30.3 Å². The van der Waals surface area contributed by atoms with Crippen LogP contribution in [0.3, 0.4) is 0 Å². The van der Waals surface area contributed by atoms with E-state index in [1.807, 2.05) is 36.4 Å². The number of aliphatic hydroxyl groups is 1. The Balaban J connectivity index is 2.12. The van der Waals surface area contributed by atoms with Crippen molar-refractivity contribution in [3.05, 3.63) is 65.2 Å². The highest BCUT2D eigenvalue weighted by Gasteiger charge is 2.04. The minimum absolute atomic E-state index is 0.139. The van der Waals surface area contributed by atoms with E-state index in [-0.39, 0.29) is 6.61 Å². The molecular formula is C15H13NO2. The highest BCUT2D eigenvalue weighted by molar-refractivity contribution is 5.41. The summed E-state index contributed by atoms with van der Waals surface area (Å²) in [6, 6.07) is 16.9. The number of nitriles is 1. The molecule has 2 rings (SSSR count). The fourth-order valence-corrected chi connectivity index (χ4v) is 1.65. The lowest BCUT2D eigenvalue weighted by atomic mass is 10.1. The molecule has 0 bridgehead atoms. The van der Waals surface area contributed by atoms with E-state index in [2.05, 4.69) is 0 Å². The van der Waals surface area contributed by atoms with E-state index in [0.717, 1.165) is 5.56 Å². The fourth-order valence-electron chi connectivity index (χ4n) is 1.65. The first kappa shape index (κ1) is 12.2. The van der Waals surface area contributed by atoms with E-state index in [1.165, 1.54) is 0 Å². The van der Waals surface area contributed by atoms with Crippen LogP contribution >= 0.6 is 0 Å². The number of ether oxygens (including phenoxy) is 1. The highest BCUT2D eigenvalue weighted by Crippen LogP contribution is 2.21. The van der Waals surface area contributed by atoms with Gasteiger partial charge in [0.05, 0.1) is 18.2 Å². The van der Waals surface area contributed by atoms with Crippen LogP contribution < -0.4 is 4.74 Å². The van der Waals surface area contributed by atoms with E-state index in [9.17, 15) is 5.11 Å². The molecule has 0 saturated heterocycles. The summed E-state index contributed by atoms with van der Waals surface area (Å²) in [6.07, 6.45) is 0. The lowest BCUT2D eigenvalue weighted by molar-refractivity contribution is 0.259. The van der Waals surface area contributed by atoms with E-state index in [0.29, 0.717) is 23.5 Å². The molecule has 0 saturated carbocycles. The minimum Gasteiger partial charge on any atom is -0.489 e. The van der Waals surface area contributed by atoms with Crippen molar-refractivity contribution in [1.82, 2.24) is 0 Å². The van der Waals surface area contributed by atoms with Gasteiger partial charge in [-0.25, -0.2) is 0 Å². The van der Waals surface area contributed by atoms with Crippen LogP contribution in [-0.4, -0.2) is 5.11 Å². The molecule has 0 amide bonds. The molecule has 0 aliphatic carbocycles. The van der Waals surface area contributed by atoms with Gasteiger partial charge in [0.2, 0.25) is 0 Å². The van der Waals surface area contributed by atoms with Crippen LogP contribution in [0.25, 0.3) is 0 Å². The number of hydrogen-bond donors (Lipinski definition) is 1. The minimum atomic E-state index is -0.139. The summed E-state index contributed by atoms with van der Waals surface area (Å²) < 4.78 is 5.64. The first-order valence-electron chi connectivity index (χ1n) is 5.64. The van der Waals surface area contributed by atoms with Gasteiger partial charge in [-0.15, -0.1) is 0 Å². The number of benzene rings is 2. The standard InChI is InChI=1S/C15H13NO2/c16-9-13-6-7-15(14(8-13)10-17)18-11-12-4-2-1-3-5-12/h1-8,17H,10-11H2. The number of nitrogens with zero attached hydrogens (tertiary/aromatic N) is 1. The second-order valence-electron chi connectivity index (χ2n) is 3.87. The Morgan fingerprint density at radius 1 is 1.11 bits per heavy atom. The molecule has 3 heteroatoms. The van der Waals surface area contributed by atoms with Crippen LogP contribution in [0.1, 0.15) is 16.7 Å². The third-order valence-electron chi connectivity index (χ3n) is 2.60. The molecule has 0 aliphatic rings. The van der Waals surface area contributed by atoms with E-state index in [1.54, 1.807) is 18.2 Å². The number of rotatable bonds is 4. The van der Waals surface area contributed by atoms with Gasteiger partial charge in [0.25, 0.3) is 0 Å². The summed E-state index contributed by atoms with van der Waals surface area (Å²) in [4.78, 5) is 0. The smallest absolute Gasteiger partial charge is 0.125 e. The molecule has 0 unspecified atom stereocenters. The molecule has 2 aromatic carbocycles. The Bertz CT molecular complexity index is 558. The Morgan fingerprint density at radius 2 is 1.89 bits per heavy atom. The van der Waals surface area contributed by atoms with Crippen molar-refractivity contribution in [2.75, 3.05) is 0 Å². The van der Waals surface area contributed by atoms with E-state index in [4.69, 9.17) is 10.00 Å². The van der Waals surface area contributed by atoms with Gasteiger partial charge in [-0.2, -0.15) is 5.26 Å².